The number of ketones is 1. The second-order valence-corrected chi connectivity index (χ2v) is 3.09. The Labute approximate surface area is 77.3 Å². The summed E-state index contributed by atoms with van der Waals surface area (Å²) in [7, 11) is 0. The Bertz CT molecular complexity index is 179. The van der Waals surface area contributed by atoms with Crippen LogP contribution in [0.1, 0.15) is 20.8 Å². The maximum Gasteiger partial charge on any atom is 0.431 e. The summed E-state index contributed by atoms with van der Waals surface area (Å²) in [6.45, 7) is 5.39. The van der Waals surface area contributed by atoms with E-state index in [1.807, 2.05) is 19.3 Å². The fraction of sp³-hybridized carbons (Fsp3) is 0.750. The molecule has 76 valence electrons. The van der Waals surface area contributed by atoms with Gasteiger partial charge in [0.15, 0.2) is 5.78 Å². The van der Waals surface area contributed by atoms with Crippen LogP contribution in [0.5, 0.6) is 0 Å². The molecule has 0 heterocycles. The SMILES string of the molecule is CC(=O)CONC(=O)OCC(C)C. The molecule has 1 N–H and O–H groups in total. The van der Waals surface area contributed by atoms with Gasteiger partial charge < -0.3 is 4.74 Å². The van der Waals surface area contributed by atoms with Crippen LogP contribution in [0.15, 0.2) is 0 Å². The molecule has 0 rings (SSSR count). The molecular formula is C8H15NO4. The number of ether oxygens (including phenoxy) is 1. The second-order valence-electron chi connectivity index (χ2n) is 3.09. The fourth-order valence-electron chi connectivity index (χ4n) is 0.468. The molecule has 0 aliphatic rings. The largest absolute Gasteiger partial charge is 0.448 e. The van der Waals surface area contributed by atoms with Crippen molar-refractivity contribution in [1.82, 2.24) is 5.48 Å². The minimum Gasteiger partial charge on any atom is -0.448 e. The first-order valence-corrected chi connectivity index (χ1v) is 4.06. The van der Waals surface area contributed by atoms with Crippen molar-refractivity contribution in [2.45, 2.75) is 20.8 Å². The summed E-state index contributed by atoms with van der Waals surface area (Å²) in [5, 5.41) is 0. The van der Waals surface area contributed by atoms with E-state index in [0.717, 1.165) is 0 Å². The van der Waals surface area contributed by atoms with Crippen molar-refractivity contribution in [3.05, 3.63) is 0 Å². The van der Waals surface area contributed by atoms with Gasteiger partial charge in [-0.05, 0) is 12.8 Å². The highest BCUT2D eigenvalue weighted by Gasteiger charge is 2.03. The average molecular weight is 189 g/mol. The van der Waals surface area contributed by atoms with Crippen LogP contribution in [0.4, 0.5) is 4.79 Å². The van der Waals surface area contributed by atoms with E-state index >= 15 is 0 Å². The van der Waals surface area contributed by atoms with Crippen LogP contribution in [0.2, 0.25) is 0 Å². The maximum absolute atomic E-state index is 10.8. The van der Waals surface area contributed by atoms with E-state index in [4.69, 9.17) is 4.74 Å². The van der Waals surface area contributed by atoms with Crippen molar-refractivity contribution >= 4 is 11.9 Å². The monoisotopic (exact) mass is 189 g/mol. The first-order valence-electron chi connectivity index (χ1n) is 4.06. The van der Waals surface area contributed by atoms with Crippen molar-refractivity contribution < 1.29 is 19.2 Å². The average Bonchev–Trinajstić information content (AvgIpc) is 2.00. The lowest BCUT2D eigenvalue weighted by Crippen LogP contribution is -2.27. The summed E-state index contributed by atoms with van der Waals surface area (Å²) < 4.78 is 4.70. The van der Waals surface area contributed by atoms with Gasteiger partial charge in [0.1, 0.15) is 6.61 Å². The number of rotatable bonds is 5. The predicted octanol–water partition coefficient (Wildman–Crippen LogP) is 0.889. The van der Waals surface area contributed by atoms with E-state index in [0.29, 0.717) is 6.61 Å². The van der Waals surface area contributed by atoms with E-state index in [9.17, 15) is 9.59 Å². The third kappa shape index (κ3) is 8.81. The van der Waals surface area contributed by atoms with Crippen LogP contribution in [-0.4, -0.2) is 25.1 Å². The lowest BCUT2D eigenvalue weighted by molar-refractivity contribution is -0.123. The molecule has 0 radical (unpaired) electrons. The Morgan fingerprint density at radius 3 is 2.46 bits per heavy atom. The standard InChI is InChI=1S/C8H15NO4/c1-6(2)4-12-8(11)9-13-5-7(3)10/h6H,4-5H2,1-3H3,(H,9,11). The topological polar surface area (TPSA) is 64.6 Å². The third-order valence-electron chi connectivity index (χ3n) is 0.979. The van der Waals surface area contributed by atoms with Crippen molar-refractivity contribution in [2.24, 2.45) is 5.92 Å². The number of carbonyl (C=O) groups excluding carboxylic acids is 2. The number of carbonyl (C=O) groups is 2. The van der Waals surface area contributed by atoms with Gasteiger partial charge in [0.05, 0.1) is 6.61 Å². The van der Waals surface area contributed by atoms with E-state index in [2.05, 4.69) is 4.84 Å². The van der Waals surface area contributed by atoms with Crippen LogP contribution in [0.25, 0.3) is 0 Å². The number of hydrogen-bond acceptors (Lipinski definition) is 4. The van der Waals surface area contributed by atoms with Crippen LogP contribution < -0.4 is 5.48 Å². The summed E-state index contributed by atoms with van der Waals surface area (Å²) in [5.74, 6) is 0.114. The normalized spacial score (nSPS) is 9.85. The van der Waals surface area contributed by atoms with Gasteiger partial charge in [-0.25, -0.2) is 4.79 Å². The first-order chi connectivity index (χ1) is 6.02. The molecule has 0 unspecified atom stereocenters. The van der Waals surface area contributed by atoms with Gasteiger partial charge in [-0.1, -0.05) is 13.8 Å². The molecule has 0 aromatic heterocycles. The molecule has 0 aliphatic heterocycles. The van der Waals surface area contributed by atoms with Crippen LogP contribution in [0.3, 0.4) is 0 Å². The summed E-state index contributed by atoms with van der Waals surface area (Å²) in [4.78, 5) is 25.6. The highest BCUT2D eigenvalue weighted by atomic mass is 16.7. The van der Waals surface area contributed by atoms with Crippen LogP contribution >= 0.6 is 0 Å². The summed E-state index contributed by atoms with van der Waals surface area (Å²) in [6.07, 6.45) is -0.671. The Kier molecular flexibility index (Phi) is 5.88. The number of amides is 1. The smallest absolute Gasteiger partial charge is 0.431 e. The Morgan fingerprint density at radius 2 is 2.00 bits per heavy atom. The summed E-state index contributed by atoms with van der Waals surface area (Å²) in [5.41, 5.74) is 1.99. The Hall–Kier alpha value is -1.10. The van der Waals surface area contributed by atoms with Crippen LogP contribution in [0, 0.1) is 5.92 Å². The zero-order chi connectivity index (χ0) is 10.3. The molecule has 0 fully saturated rings. The Balaban J connectivity index is 3.35. The number of Topliss-reactive ketones (excluding diaryl/α,β-unsaturated/α-hetero) is 1. The summed E-state index contributed by atoms with van der Waals surface area (Å²) >= 11 is 0. The minimum absolute atomic E-state index is 0.142. The molecule has 0 aromatic rings. The van der Waals surface area contributed by atoms with E-state index < -0.39 is 6.09 Å². The summed E-state index contributed by atoms with van der Waals surface area (Å²) in [6, 6.07) is 0. The second kappa shape index (κ2) is 6.42. The molecule has 0 spiro atoms. The van der Waals surface area contributed by atoms with E-state index in [-0.39, 0.29) is 18.3 Å². The Morgan fingerprint density at radius 1 is 1.38 bits per heavy atom. The van der Waals surface area contributed by atoms with Crippen molar-refractivity contribution in [3.8, 4) is 0 Å². The molecular weight excluding hydrogens is 174 g/mol. The zero-order valence-electron chi connectivity index (χ0n) is 8.12. The highest BCUT2D eigenvalue weighted by Crippen LogP contribution is 1.92. The maximum atomic E-state index is 10.8. The molecule has 5 nitrogen and oxygen atoms in total. The number of hydroxylamine groups is 1. The van der Waals surface area contributed by atoms with Gasteiger partial charge >= 0.3 is 6.09 Å². The number of nitrogens with one attached hydrogen (secondary N) is 1. The van der Waals surface area contributed by atoms with Gasteiger partial charge in [0.2, 0.25) is 0 Å². The molecule has 0 bridgehead atoms. The predicted molar refractivity (Wildman–Crippen MR) is 46.0 cm³/mol. The zero-order valence-corrected chi connectivity index (χ0v) is 8.12. The molecule has 0 atom stereocenters. The molecule has 0 aromatic carbocycles. The highest BCUT2D eigenvalue weighted by molar-refractivity contribution is 5.77. The lowest BCUT2D eigenvalue weighted by Gasteiger charge is -2.07. The molecule has 5 heteroatoms. The molecule has 13 heavy (non-hydrogen) atoms. The number of hydrogen-bond donors (Lipinski definition) is 1. The minimum atomic E-state index is -0.671. The molecule has 0 saturated carbocycles. The van der Waals surface area contributed by atoms with Gasteiger partial charge in [-0.3, -0.25) is 9.63 Å². The van der Waals surface area contributed by atoms with Crippen molar-refractivity contribution in [3.63, 3.8) is 0 Å². The third-order valence-corrected chi connectivity index (χ3v) is 0.979. The molecule has 0 saturated heterocycles. The van der Waals surface area contributed by atoms with E-state index in [1.165, 1.54) is 6.92 Å². The lowest BCUT2D eigenvalue weighted by atomic mass is 10.2. The van der Waals surface area contributed by atoms with Crippen LogP contribution in [-0.2, 0) is 14.4 Å². The van der Waals surface area contributed by atoms with E-state index in [1.54, 1.807) is 0 Å². The van der Waals surface area contributed by atoms with Crippen molar-refractivity contribution in [2.75, 3.05) is 13.2 Å². The van der Waals surface area contributed by atoms with Gasteiger partial charge in [0.25, 0.3) is 0 Å². The quantitative estimate of drug-likeness (QED) is 0.652. The van der Waals surface area contributed by atoms with Gasteiger partial charge in [-0.2, -0.15) is 5.48 Å². The van der Waals surface area contributed by atoms with Gasteiger partial charge in [0, 0.05) is 0 Å². The molecule has 0 aliphatic carbocycles. The fourth-order valence-corrected chi connectivity index (χ4v) is 0.468. The molecule has 1 amide bonds. The first kappa shape index (κ1) is 11.9. The van der Waals surface area contributed by atoms with Crippen molar-refractivity contribution in [1.29, 1.82) is 0 Å². The van der Waals surface area contributed by atoms with Gasteiger partial charge in [-0.15, -0.1) is 0 Å².